The number of hydrogen-bond acceptors (Lipinski definition) is 4. The second kappa shape index (κ2) is 6.71. The van der Waals surface area contributed by atoms with Gasteiger partial charge in [-0.2, -0.15) is 0 Å². The van der Waals surface area contributed by atoms with Gasteiger partial charge in [0.15, 0.2) is 0 Å². The molecule has 2 fully saturated rings. The number of fused-ring (bicyclic) bond motifs is 1. The molecular weight excluding hydrogens is 282 g/mol. The van der Waals surface area contributed by atoms with Crippen LogP contribution in [-0.2, 0) is 14.3 Å². The zero-order valence-corrected chi connectivity index (χ0v) is 14.0. The Labute approximate surface area is 132 Å². The summed E-state index contributed by atoms with van der Waals surface area (Å²) in [6.45, 7) is 7.75. The van der Waals surface area contributed by atoms with Crippen LogP contribution in [0, 0.1) is 5.92 Å². The normalized spacial score (nSPS) is 28.0. The molecule has 1 saturated carbocycles. The van der Waals surface area contributed by atoms with Crippen molar-refractivity contribution in [1.29, 1.82) is 0 Å². The Kier molecular flexibility index (Phi) is 5.14. The number of nitrogens with zero attached hydrogens (tertiary/aromatic N) is 1. The van der Waals surface area contributed by atoms with Crippen LogP contribution in [0.3, 0.4) is 0 Å². The molecule has 2 rings (SSSR count). The number of amides is 1. The van der Waals surface area contributed by atoms with Gasteiger partial charge in [-0.25, -0.2) is 9.59 Å². The smallest absolute Gasteiger partial charge is 0.411 e. The molecule has 5 nitrogen and oxygen atoms in total. The summed E-state index contributed by atoms with van der Waals surface area (Å²) in [5, 5.41) is 0. The topological polar surface area (TPSA) is 55.8 Å². The SMILES string of the molecule is CCOC(=O)/C=C/[C@@H]1C[C@@H]2CCC[C@@H]2N1C(=O)OC(C)(C)C. The molecule has 1 aliphatic heterocycles. The highest BCUT2D eigenvalue weighted by atomic mass is 16.6. The minimum atomic E-state index is -0.511. The lowest BCUT2D eigenvalue weighted by molar-refractivity contribution is -0.137. The Morgan fingerprint density at radius 3 is 2.64 bits per heavy atom. The van der Waals surface area contributed by atoms with E-state index in [9.17, 15) is 9.59 Å². The van der Waals surface area contributed by atoms with Crippen LogP contribution in [0.1, 0.15) is 53.4 Å². The number of carbonyl (C=O) groups is 2. The van der Waals surface area contributed by atoms with E-state index < -0.39 is 5.60 Å². The first kappa shape index (κ1) is 16.8. The molecule has 0 bridgehead atoms. The van der Waals surface area contributed by atoms with Crippen molar-refractivity contribution in [3.8, 4) is 0 Å². The van der Waals surface area contributed by atoms with Crippen LogP contribution in [0.4, 0.5) is 4.79 Å². The largest absolute Gasteiger partial charge is 0.463 e. The van der Waals surface area contributed by atoms with Gasteiger partial charge in [0.2, 0.25) is 0 Å². The van der Waals surface area contributed by atoms with Crippen LogP contribution < -0.4 is 0 Å². The van der Waals surface area contributed by atoms with Crippen molar-refractivity contribution in [3.05, 3.63) is 12.2 Å². The Bertz CT molecular complexity index is 452. The molecule has 22 heavy (non-hydrogen) atoms. The van der Waals surface area contributed by atoms with E-state index in [4.69, 9.17) is 9.47 Å². The zero-order chi connectivity index (χ0) is 16.3. The lowest BCUT2D eigenvalue weighted by Crippen LogP contribution is -2.43. The fourth-order valence-electron chi connectivity index (χ4n) is 3.46. The van der Waals surface area contributed by atoms with E-state index in [-0.39, 0.29) is 24.1 Å². The highest BCUT2D eigenvalue weighted by molar-refractivity contribution is 5.82. The number of esters is 1. The van der Waals surface area contributed by atoms with Gasteiger partial charge in [0.1, 0.15) is 5.60 Å². The molecule has 2 aliphatic rings. The Hall–Kier alpha value is -1.52. The van der Waals surface area contributed by atoms with Gasteiger partial charge in [0.25, 0.3) is 0 Å². The molecule has 0 unspecified atom stereocenters. The highest BCUT2D eigenvalue weighted by Gasteiger charge is 2.46. The predicted octanol–water partition coefficient (Wildman–Crippen LogP) is 3.28. The van der Waals surface area contributed by atoms with Crippen LogP contribution in [0.15, 0.2) is 12.2 Å². The van der Waals surface area contributed by atoms with Crippen LogP contribution >= 0.6 is 0 Å². The van der Waals surface area contributed by atoms with E-state index in [0.717, 1.165) is 25.7 Å². The summed E-state index contributed by atoms with van der Waals surface area (Å²) in [6, 6.07) is 0.168. The summed E-state index contributed by atoms with van der Waals surface area (Å²) in [5.74, 6) is 0.160. The lowest BCUT2D eigenvalue weighted by Gasteiger charge is -2.31. The summed E-state index contributed by atoms with van der Waals surface area (Å²) >= 11 is 0. The average molecular weight is 309 g/mol. The number of rotatable bonds is 3. The molecule has 0 radical (unpaired) electrons. The third-order valence-electron chi connectivity index (χ3n) is 4.22. The standard InChI is InChI=1S/C17H27NO4/c1-5-21-15(19)10-9-13-11-12-7-6-8-14(12)18(13)16(20)22-17(2,3)4/h9-10,12-14H,5-8,11H2,1-4H3/b10-9+/t12-,13+,14-/m0/s1. The summed E-state index contributed by atoms with van der Waals surface area (Å²) < 4.78 is 10.5. The van der Waals surface area contributed by atoms with E-state index >= 15 is 0 Å². The van der Waals surface area contributed by atoms with E-state index in [1.165, 1.54) is 6.08 Å². The molecular formula is C17H27NO4. The van der Waals surface area contributed by atoms with Gasteiger partial charge in [0, 0.05) is 12.1 Å². The molecule has 5 heteroatoms. The third-order valence-corrected chi connectivity index (χ3v) is 4.22. The maximum absolute atomic E-state index is 12.5. The number of likely N-dealkylation sites (tertiary alicyclic amines) is 1. The average Bonchev–Trinajstić information content (AvgIpc) is 2.93. The molecule has 0 spiro atoms. The van der Waals surface area contributed by atoms with Gasteiger partial charge in [0.05, 0.1) is 12.6 Å². The first-order valence-electron chi connectivity index (χ1n) is 8.18. The molecule has 0 N–H and O–H groups in total. The fraction of sp³-hybridized carbons (Fsp3) is 0.765. The summed E-state index contributed by atoms with van der Waals surface area (Å²) in [4.78, 5) is 25.9. The minimum absolute atomic E-state index is 0.0745. The summed E-state index contributed by atoms with van der Waals surface area (Å²) in [6.07, 6.45) is 7.18. The Morgan fingerprint density at radius 1 is 1.27 bits per heavy atom. The van der Waals surface area contributed by atoms with Crippen LogP contribution in [0.25, 0.3) is 0 Å². The van der Waals surface area contributed by atoms with Gasteiger partial charge < -0.3 is 9.47 Å². The van der Waals surface area contributed by atoms with Gasteiger partial charge in [-0.15, -0.1) is 0 Å². The van der Waals surface area contributed by atoms with Gasteiger partial charge >= 0.3 is 12.1 Å². The maximum Gasteiger partial charge on any atom is 0.411 e. The molecule has 1 aliphatic carbocycles. The van der Waals surface area contributed by atoms with E-state index in [1.807, 2.05) is 25.7 Å². The molecule has 0 aromatic rings. The van der Waals surface area contributed by atoms with Crippen LogP contribution in [0.5, 0.6) is 0 Å². The zero-order valence-electron chi connectivity index (χ0n) is 14.0. The van der Waals surface area contributed by atoms with Crippen molar-refractivity contribution in [2.75, 3.05) is 6.61 Å². The van der Waals surface area contributed by atoms with Crippen LogP contribution in [0.2, 0.25) is 0 Å². The maximum atomic E-state index is 12.5. The molecule has 1 heterocycles. The van der Waals surface area contributed by atoms with E-state index in [0.29, 0.717) is 12.5 Å². The Morgan fingerprint density at radius 2 is 2.00 bits per heavy atom. The quantitative estimate of drug-likeness (QED) is 0.593. The van der Waals surface area contributed by atoms with E-state index in [1.54, 1.807) is 13.0 Å². The predicted molar refractivity (Wildman–Crippen MR) is 83.4 cm³/mol. The Balaban J connectivity index is 2.10. The number of ether oxygens (including phenoxy) is 2. The van der Waals surface area contributed by atoms with Gasteiger partial charge in [-0.1, -0.05) is 12.5 Å². The molecule has 0 aromatic heterocycles. The summed E-state index contributed by atoms with van der Waals surface area (Å²) in [7, 11) is 0. The van der Waals surface area contributed by atoms with Crippen molar-refractivity contribution >= 4 is 12.1 Å². The molecule has 1 amide bonds. The fourth-order valence-corrected chi connectivity index (χ4v) is 3.46. The summed E-state index contributed by atoms with van der Waals surface area (Å²) in [5.41, 5.74) is -0.511. The van der Waals surface area contributed by atoms with Gasteiger partial charge in [-0.3, -0.25) is 4.90 Å². The molecule has 124 valence electrons. The van der Waals surface area contributed by atoms with Crippen molar-refractivity contribution in [3.63, 3.8) is 0 Å². The first-order chi connectivity index (χ1) is 10.3. The number of hydrogen-bond donors (Lipinski definition) is 0. The number of carbonyl (C=O) groups excluding carboxylic acids is 2. The molecule has 0 aromatic carbocycles. The first-order valence-corrected chi connectivity index (χ1v) is 8.18. The third kappa shape index (κ3) is 4.02. The second-order valence-corrected chi connectivity index (χ2v) is 7.06. The van der Waals surface area contributed by atoms with Crippen molar-refractivity contribution in [1.82, 2.24) is 4.90 Å². The highest BCUT2D eigenvalue weighted by Crippen LogP contribution is 2.42. The molecule has 3 atom stereocenters. The lowest BCUT2D eigenvalue weighted by atomic mass is 10.0. The monoisotopic (exact) mass is 309 g/mol. The van der Waals surface area contributed by atoms with Crippen molar-refractivity contribution in [2.45, 2.75) is 71.1 Å². The minimum Gasteiger partial charge on any atom is -0.463 e. The van der Waals surface area contributed by atoms with Crippen molar-refractivity contribution in [2.24, 2.45) is 5.92 Å². The van der Waals surface area contributed by atoms with E-state index in [2.05, 4.69) is 0 Å². The van der Waals surface area contributed by atoms with Gasteiger partial charge in [-0.05, 0) is 52.9 Å². The van der Waals surface area contributed by atoms with Crippen molar-refractivity contribution < 1.29 is 19.1 Å². The molecule has 1 saturated heterocycles. The van der Waals surface area contributed by atoms with Crippen LogP contribution in [-0.4, -0.2) is 41.3 Å². The second-order valence-electron chi connectivity index (χ2n) is 7.06.